The fourth-order valence-electron chi connectivity index (χ4n) is 2.24. The first-order valence-electron chi connectivity index (χ1n) is 7.72. The molecule has 8 heteroatoms. The summed E-state index contributed by atoms with van der Waals surface area (Å²) in [5, 5.41) is 28.0. The molecule has 0 spiro atoms. The number of ether oxygens (including phenoxy) is 2. The van der Waals surface area contributed by atoms with Crippen molar-refractivity contribution in [1.82, 2.24) is 0 Å². The Balaban J connectivity index is 5.28. The third kappa shape index (κ3) is 5.45. The summed E-state index contributed by atoms with van der Waals surface area (Å²) in [4.78, 5) is 35.5. The Morgan fingerprint density at radius 1 is 1.08 bits per heavy atom. The highest BCUT2D eigenvalue weighted by molar-refractivity contribution is 5.81. The van der Waals surface area contributed by atoms with Crippen LogP contribution in [0.2, 0.25) is 0 Å². The van der Waals surface area contributed by atoms with Crippen molar-refractivity contribution < 1.29 is 39.2 Å². The van der Waals surface area contributed by atoms with Crippen molar-refractivity contribution in [2.75, 3.05) is 20.3 Å². The van der Waals surface area contributed by atoms with Crippen LogP contribution in [0, 0.1) is 16.7 Å². The van der Waals surface area contributed by atoms with Gasteiger partial charge in [-0.25, -0.2) is 4.79 Å². The molecule has 3 N–H and O–H groups in total. The van der Waals surface area contributed by atoms with E-state index in [0.717, 1.165) is 0 Å². The molecule has 0 saturated heterocycles. The summed E-state index contributed by atoms with van der Waals surface area (Å²) >= 11 is 0. The molecular formula is C16H28O8. The number of hydrogen-bond acceptors (Lipinski definition) is 7. The molecule has 0 bridgehead atoms. The van der Waals surface area contributed by atoms with Crippen LogP contribution in [0.1, 0.15) is 40.5 Å². The zero-order valence-electron chi connectivity index (χ0n) is 14.9. The van der Waals surface area contributed by atoms with E-state index in [-0.39, 0.29) is 12.8 Å². The number of aliphatic hydroxyl groups excluding tert-OH is 2. The molecule has 24 heavy (non-hydrogen) atoms. The smallest absolute Gasteiger partial charge is 0.345 e. The molecule has 140 valence electrons. The zero-order valence-corrected chi connectivity index (χ0v) is 14.9. The molecule has 0 aliphatic carbocycles. The number of hydrogen-bond donors (Lipinski definition) is 3. The number of esters is 2. The average molecular weight is 348 g/mol. The molecule has 0 aliphatic rings. The van der Waals surface area contributed by atoms with E-state index in [2.05, 4.69) is 4.74 Å². The second-order valence-corrected chi connectivity index (χ2v) is 6.82. The van der Waals surface area contributed by atoms with Crippen LogP contribution in [0.4, 0.5) is 0 Å². The van der Waals surface area contributed by atoms with E-state index in [4.69, 9.17) is 4.74 Å². The fraction of sp³-hybridized carbons (Fsp3) is 0.812. The first-order chi connectivity index (χ1) is 11.0. The van der Waals surface area contributed by atoms with E-state index in [0.29, 0.717) is 0 Å². The van der Waals surface area contributed by atoms with Crippen LogP contribution in [-0.4, -0.2) is 59.7 Å². The molecule has 3 atom stereocenters. The standard InChI is InChI=1S/C16H28O8/c1-6-10(7-16(4,9-18)14(22)23-5)13(21)24-11(12(19)20)15(2,3)8-17/h10-11,17-18H,6-9H2,1-5H3,(H,19,20). The van der Waals surface area contributed by atoms with Crippen LogP contribution in [0.25, 0.3) is 0 Å². The van der Waals surface area contributed by atoms with Gasteiger partial charge < -0.3 is 24.8 Å². The third-order valence-electron chi connectivity index (χ3n) is 4.13. The maximum Gasteiger partial charge on any atom is 0.345 e. The monoisotopic (exact) mass is 348 g/mol. The molecule has 0 rings (SSSR count). The van der Waals surface area contributed by atoms with Crippen LogP contribution >= 0.6 is 0 Å². The van der Waals surface area contributed by atoms with Gasteiger partial charge in [0.05, 0.1) is 31.7 Å². The van der Waals surface area contributed by atoms with Crippen molar-refractivity contribution in [3.05, 3.63) is 0 Å². The van der Waals surface area contributed by atoms with Gasteiger partial charge in [0.25, 0.3) is 0 Å². The summed E-state index contributed by atoms with van der Waals surface area (Å²) < 4.78 is 9.74. The summed E-state index contributed by atoms with van der Waals surface area (Å²) in [6.45, 7) is 5.08. The number of carboxylic acids is 1. The lowest BCUT2D eigenvalue weighted by Crippen LogP contribution is -2.44. The van der Waals surface area contributed by atoms with Crippen molar-refractivity contribution in [1.29, 1.82) is 0 Å². The molecule has 0 aromatic heterocycles. The van der Waals surface area contributed by atoms with Crippen molar-refractivity contribution in [2.45, 2.75) is 46.6 Å². The number of carbonyl (C=O) groups is 3. The van der Waals surface area contributed by atoms with E-state index in [1.165, 1.54) is 27.9 Å². The van der Waals surface area contributed by atoms with Gasteiger partial charge in [0.15, 0.2) is 0 Å². The molecule has 0 amide bonds. The third-order valence-corrected chi connectivity index (χ3v) is 4.13. The Labute approximate surface area is 141 Å². The second-order valence-electron chi connectivity index (χ2n) is 6.82. The first kappa shape index (κ1) is 22.3. The van der Waals surface area contributed by atoms with Crippen molar-refractivity contribution in [3.8, 4) is 0 Å². The average Bonchev–Trinajstić information content (AvgIpc) is 2.55. The van der Waals surface area contributed by atoms with E-state index >= 15 is 0 Å². The number of carbonyl (C=O) groups excluding carboxylic acids is 2. The van der Waals surface area contributed by atoms with E-state index in [1.54, 1.807) is 6.92 Å². The molecule has 0 saturated carbocycles. The molecule has 0 radical (unpaired) electrons. The molecule has 0 fully saturated rings. The van der Waals surface area contributed by atoms with Gasteiger partial charge in [-0.3, -0.25) is 9.59 Å². The Morgan fingerprint density at radius 2 is 1.62 bits per heavy atom. The van der Waals surface area contributed by atoms with Gasteiger partial charge in [0, 0.05) is 5.41 Å². The maximum atomic E-state index is 12.4. The number of carboxylic acid groups (broad SMARTS) is 1. The van der Waals surface area contributed by atoms with Crippen LogP contribution in [0.15, 0.2) is 0 Å². The number of methoxy groups -OCH3 is 1. The van der Waals surface area contributed by atoms with Gasteiger partial charge in [-0.15, -0.1) is 0 Å². The Bertz CT molecular complexity index is 459. The van der Waals surface area contributed by atoms with Gasteiger partial charge in [-0.2, -0.15) is 0 Å². The molecule has 0 aromatic rings. The number of aliphatic hydroxyl groups is 2. The summed E-state index contributed by atoms with van der Waals surface area (Å²) in [5.41, 5.74) is -2.46. The SMILES string of the molecule is CCC(CC(C)(CO)C(=O)OC)C(=O)OC(C(=O)O)C(C)(C)CO. The molecule has 3 unspecified atom stereocenters. The van der Waals surface area contributed by atoms with Crippen LogP contribution in [-0.2, 0) is 23.9 Å². The number of aliphatic carboxylic acids is 1. The quantitative estimate of drug-likeness (QED) is 0.489. The van der Waals surface area contributed by atoms with Gasteiger partial charge >= 0.3 is 17.9 Å². The van der Waals surface area contributed by atoms with Gasteiger partial charge in [-0.05, 0) is 19.8 Å². The predicted octanol–water partition coefficient (Wildman–Crippen LogP) is 0.589. The van der Waals surface area contributed by atoms with Crippen molar-refractivity contribution in [3.63, 3.8) is 0 Å². The van der Waals surface area contributed by atoms with E-state index in [1.807, 2.05) is 0 Å². The largest absolute Gasteiger partial charge is 0.478 e. The van der Waals surface area contributed by atoms with E-state index in [9.17, 15) is 29.7 Å². The Kier molecular flexibility index (Phi) is 8.36. The minimum Gasteiger partial charge on any atom is -0.478 e. The van der Waals surface area contributed by atoms with Gasteiger partial charge in [0.2, 0.25) is 6.10 Å². The minimum absolute atomic E-state index is 0.0442. The summed E-state index contributed by atoms with van der Waals surface area (Å²) in [5.74, 6) is -3.62. The van der Waals surface area contributed by atoms with Crippen LogP contribution < -0.4 is 0 Å². The normalized spacial score (nSPS) is 16.6. The molecule has 0 heterocycles. The van der Waals surface area contributed by atoms with Crippen LogP contribution in [0.3, 0.4) is 0 Å². The zero-order chi connectivity index (χ0) is 19.1. The lowest BCUT2D eigenvalue weighted by molar-refractivity contribution is -0.179. The second kappa shape index (κ2) is 8.98. The predicted molar refractivity (Wildman–Crippen MR) is 84.0 cm³/mol. The first-order valence-corrected chi connectivity index (χ1v) is 7.72. The summed E-state index contributed by atoms with van der Waals surface area (Å²) in [7, 11) is 1.18. The summed E-state index contributed by atoms with van der Waals surface area (Å²) in [6.07, 6.45) is -1.28. The van der Waals surface area contributed by atoms with Crippen LogP contribution in [0.5, 0.6) is 0 Å². The maximum absolute atomic E-state index is 12.4. The molecule has 0 aliphatic heterocycles. The highest BCUT2D eigenvalue weighted by Gasteiger charge is 2.42. The van der Waals surface area contributed by atoms with Gasteiger partial charge in [-0.1, -0.05) is 20.8 Å². The summed E-state index contributed by atoms with van der Waals surface area (Å²) in [6, 6.07) is 0. The Morgan fingerprint density at radius 3 is 1.96 bits per heavy atom. The lowest BCUT2D eigenvalue weighted by Gasteiger charge is -2.32. The van der Waals surface area contributed by atoms with Crippen molar-refractivity contribution in [2.24, 2.45) is 16.7 Å². The molecular weight excluding hydrogens is 320 g/mol. The highest BCUT2D eigenvalue weighted by atomic mass is 16.6. The highest BCUT2D eigenvalue weighted by Crippen LogP contribution is 2.31. The Hall–Kier alpha value is -1.67. The molecule has 8 nitrogen and oxygen atoms in total. The fourth-order valence-corrected chi connectivity index (χ4v) is 2.24. The van der Waals surface area contributed by atoms with Crippen molar-refractivity contribution >= 4 is 17.9 Å². The molecule has 0 aromatic carbocycles. The van der Waals surface area contributed by atoms with Gasteiger partial charge in [0.1, 0.15) is 0 Å². The number of rotatable bonds is 10. The van der Waals surface area contributed by atoms with E-state index < -0.39 is 54.0 Å². The topological polar surface area (TPSA) is 130 Å². The minimum atomic E-state index is -1.53. The lowest BCUT2D eigenvalue weighted by atomic mass is 9.80.